The van der Waals surface area contributed by atoms with E-state index in [1.807, 2.05) is 18.2 Å². The maximum absolute atomic E-state index is 9.25. The summed E-state index contributed by atoms with van der Waals surface area (Å²) in [6, 6.07) is 7.42. The van der Waals surface area contributed by atoms with Crippen molar-refractivity contribution in [1.29, 1.82) is 0 Å². The molecule has 0 aromatic heterocycles. The van der Waals surface area contributed by atoms with Gasteiger partial charge in [-0.25, -0.2) is 0 Å². The summed E-state index contributed by atoms with van der Waals surface area (Å²) in [5, 5.41) is 13.2. The van der Waals surface area contributed by atoms with Gasteiger partial charge in [0.05, 0.1) is 5.37 Å². The molecule has 0 saturated carbocycles. The van der Waals surface area contributed by atoms with Gasteiger partial charge in [-0.15, -0.1) is 11.8 Å². The van der Waals surface area contributed by atoms with Crippen LogP contribution in [-0.2, 0) is 0 Å². The summed E-state index contributed by atoms with van der Waals surface area (Å²) in [5.74, 6) is 0.350. The van der Waals surface area contributed by atoms with Crippen LogP contribution in [0.3, 0.4) is 0 Å². The number of thioether (sulfide) groups is 1. The smallest absolute Gasteiger partial charge is 0.116 e. The summed E-state index contributed by atoms with van der Waals surface area (Å²) < 4.78 is 0. The third-order valence-corrected chi connectivity index (χ3v) is 3.32. The number of benzene rings is 1. The zero-order valence-corrected chi connectivity index (χ0v) is 8.18. The molecule has 0 bridgehead atoms. The van der Waals surface area contributed by atoms with Crippen LogP contribution < -0.4 is 5.32 Å². The van der Waals surface area contributed by atoms with Gasteiger partial charge in [-0.1, -0.05) is 6.07 Å². The number of nitrogens with one attached hydrogen (secondary N) is 1. The summed E-state index contributed by atoms with van der Waals surface area (Å²) in [5.41, 5.74) is 0. The molecule has 0 amide bonds. The molecule has 0 aliphatic carbocycles. The Bertz CT molecular complexity index is 284. The third kappa shape index (κ3) is 2.39. The van der Waals surface area contributed by atoms with Crippen LogP contribution in [0.15, 0.2) is 29.2 Å². The molecule has 1 aliphatic heterocycles. The van der Waals surface area contributed by atoms with Gasteiger partial charge in [0.15, 0.2) is 0 Å². The Morgan fingerprint density at radius 2 is 2.38 bits per heavy atom. The minimum Gasteiger partial charge on any atom is -0.508 e. The van der Waals surface area contributed by atoms with Gasteiger partial charge < -0.3 is 10.4 Å². The molecule has 0 spiro atoms. The Labute approximate surface area is 82.4 Å². The fourth-order valence-electron chi connectivity index (χ4n) is 1.47. The van der Waals surface area contributed by atoms with E-state index in [4.69, 9.17) is 0 Å². The first-order valence-corrected chi connectivity index (χ1v) is 5.41. The normalized spacial score (nSPS) is 22.0. The first-order valence-electron chi connectivity index (χ1n) is 4.54. The molecule has 2 nitrogen and oxygen atoms in total. The lowest BCUT2D eigenvalue weighted by Gasteiger charge is -2.09. The second-order valence-electron chi connectivity index (χ2n) is 3.20. The molecule has 13 heavy (non-hydrogen) atoms. The number of phenols is 1. The highest BCUT2D eigenvalue weighted by molar-refractivity contribution is 7.99. The maximum atomic E-state index is 9.25. The predicted molar refractivity (Wildman–Crippen MR) is 55.0 cm³/mol. The Balaban J connectivity index is 2.00. The molecule has 1 atom stereocenters. The van der Waals surface area contributed by atoms with E-state index in [1.165, 1.54) is 12.8 Å². The average molecular weight is 195 g/mol. The van der Waals surface area contributed by atoms with Gasteiger partial charge in [-0.3, -0.25) is 0 Å². The SMILES string of the molecule is Oc1cccc(SC2CCCN2)c1. The first-order chi connectivity index (χ1) is 6.34. The van der Waals surface area contributed by atoms with Gasteiger partial charge >= 0.3 is 0 Å². The van der Waals surface area contributed by atoms with Crippen LogP contribution in [0.1, 0.15) is 12.8 Å². The quantitative estimate of drug-likeness (QED) is 0.758. The van der Waals surface area contributed by atoms with E-state index in [2.05, 4.69) is 5.32 Å². The van der Waals surface area contributed by atoms with Crippen molar-refractivity contribution >= 4 is 11.8 Å². The van der Waals surface area contributed by atoms with Gasteiger partial charge in [-0.2, -0.15) is 0 Å². The lowest BCUT2D eigenvalue weighted by Crippen LogP contribution is -2.16. The van der Waals surface area contributed by atoms with Crippen LogP contribution in [0, 0.1) is 0 Å². The first kappa shape index (κ1) is 8.91. The Morgan fingerprint density at radius 3 is 3.08 bits per heavy atom. The number of hydrogen-bond acceptors (Lipinski definition) is 3. The highest BCUT2D eigenvalue weighted by atomic mass is 32.2. The Hall–Kier alpha value is -0.670. The Morgan fingerprint density at radius 1 is 1.46 bits per heavy atom. The van der Waals surface area contributed by atoms with E-state index in [0.29, 0.717) is 11.1 Å². The largest absolute Gasteiger partial charge is 0.508 e. The van der Waals surface area contributed by atoms with Crippen molar-refractivity contribution in [1.82, 2.24) is 5.32 Å². The second-order valence-corrected chi connectivity index (χ2v) is 4.48. The zero-order valence-electron chi connectivity index (χ0n) is 7.36. The molecule has 2 rings (SSSR count). The molecule has 1 heterocycles. The third-order valence-electron chi connectivity index (χ3n) is 2.11. The number of hydrogen-bond donors (Lipinski definition) is 2. The topological polar surface area (TPSA) is 32.3 Å². The number of phenolic OH excluding ortho intramolecular Hbond substituents is 1. The van der Waals surface area contributed by atoms with Gasteiger partial charge in [-0.05, 0) is 37.6 Å². The molecule has 3 heteroatoms. The minimum absolute atomic E-state index is 0.350. The summed E-state index contributed by atoms with van der Waals surface area (Å²) >= 11 is 1.79. The van der Waals surface area contributed by atoms with Gasteiger partial charge in [0.1, 0.15) is 5.75 Å². The van der Waals surface area contributed by atoms with Gasteiger partial charge in [0, 0.05) is 4.90 Å². The van der Waals surface area contributed by atoms with Gasteiger partial charge in [0.2, 0.25) is 0 Å². The predicted octanol–water partition coefficient (Wildman–Crippen LogP) is 2.19. The van der Waals surface area contributed by atoms with Crippen LogP contribution in [0.25, 0.3) is 0 Å². The van der Waals surface area contributed by atoms with E-state index in [1.54, 1.807) is 17.8 Å². The van der Waals surface area contributed by atoms with Crippen LogP contribution in [0.5, 0.6) is 5.75 Å². The maximum Gasteiger partial charge on any atom is 0.116 e. The number of aromatic hydroxyl groups is 1. The van der Waals surface area contributed by atoms with E-state index >= 15 is 0 Å². The fraction of sp³-hybridized carbons (Fsp3) is 0.400. The summed E-state index contributed by atoms with van der Waals surface area (Å²) in [4.78, 5) is 1.14. The van der Waals surface area contributed by atoms with Gasteiger partial charge in [0.25, 0.3) is 0 Å². The standard InChI is InChI=1S/C10H13NOS/c12-8-3-1-4-9(7-8)13-10-5-2-6-11-10/h1,3-4,7,10-12H,2,5-6H2. The molecular formula is C10H13NOS. The Kier molecular flexibility index (Phi) is 2.76. The highest BCUT2D eigenvalue weighted by Gasteiger charge is 2.14. The minimum atomic E-state index is 0.350. The number of rotatable bonds is 2. The molecule has 2 N–H and O–H groups in total. The molecule has 1 aromatic rings. The van der Waals surface area contributed by atoms with Crippen molar-refractivity contribution < 1.29 is 5.11 Å². The molecular weight excluding hydrogens is 182 g/mol. The van der Waals surface area contributed by atoms with Crippen LogP contribution in [-0.4, -0.2) is 17.0 Å². The second kappa shape index (κ2) is 4.03. The average Bonchev–Trinajstić information content (AvgIpc) is 2.57. The van der Waals surface area contributed by atoms with Crippen molar-refractivity contribution in [3.05, 3.63) is 24.3 Å². The van der Waals surface area contributed by atoms with E-state index in [-0.39, 0.29) is 0 Å². The molecule has 1 saturated heterocycles. The zero-order chi connectivity index (χ0) is 9.10. The highest BCUT2D eigenvalue weighted by Crippen LogP contribution is 2.28. The van der Waals surface area contributed by atoms with Crippen molar-refractivity contribution in [2.75, 3.05) is 6.54 Å². The molecule has 1 aromatic carbocycles. The molecule has 1 fully saturated rings. The summed E-state index contributed by atoms with van der Waals surface area (Å²) in [6.45, 7) is 1.12. The molecule has 70 valence electrons. The van der Waals surface area contributed by atoms with Crippen LogP contribution >= 0.6 is 11.8 Å². The lowest BCUT2D eigenvalue weighted by molar-refractivity contribution is 0.474. The molecule has 1 aliphatic rings. The van der Waals surface area contributed by atoms with Crippen molar-refractivity contribution in [2.24, 2.45) is 0 Å². The molecule has 1 unspecified atom stereocenters. The van der Waals surface area contributed by atoms with Crippen molar-refractivity contribution in [2.45, 2.75) is 23.1 Å². The van der Waals surface area contributed by atoms with Crippen LogP contribution in [0.2, 0.25) is 0 Å². The fourth-order valence-corrected chi connectivity index (χ4v) is 2.63. The lowest BCUT2D eigenvalue weighted by atomic mass is 10.3. The monoisotopic (exact) mass is 195 g/mol. The summed E-state index contributed by atoms with van der Waals surface area (Å²) in [6.07, 6.45) is 2.48. The van der Waals surface area contributed by atoms with E-state index in [0.717, 1.165) is 11.4 Å². The van der Waals surface area contributed by atoms with Crippen molar-refractivity contribution in [3.63, 3.8) is 0 Å². The summed E-state index contributed by atoms with van der Waals surface area (Å²) in [7, 11) is 0. The van der Waals surface area contributed by atoms with E-state index in [9.17, 15) is 5.11 Å². The van der Waals surface area contributed by atoms with E-state index < -0.39 is 0 Å². The van der Waals surface area contributed by atoms with Crippen LogP contribution in [0.4, 0.5) is 0 Å². The van der Waals surface area contributed by atoms with Crippen molar-refractivity contribution in [3.8, 4) is 5.75 Å². The molecule has 0 radical (unpaired) electrons.